The van der Waals surface area contributed by atoms with Crippen molar-refractivity contribution >= 4 is 22.6 Å². The van der Waals surface area contributed by atoms with Gasteiger partial charge in [-0.1, -0.05) is 139 Å². The highest BCUT2D eigenvalue weighted by Gasteiger charge is 1.94. The van der Waals surface area contributed by atoms with Gasteiger partial charge in [-0.2, -0.15) is 0 Å². The molecule has 0 bridgehead atoms. The Morgan fingerprint density at radius 2 is 0.619 bits per heavy atom. The molecular weight excluding hydrogens is 367 g/mol. The van der Waals surface area contributed by atoms with Crippen LogP contribution in [0.4, 0.5) is 0 Å². The van der Waals surface area contributed by atoms with Gasteiger partial charge in [0.2, 0.25) is 0 Å². The quantitative estimate of drug-likeness (QED) is 0.121. The summed E-state index contributed by atoms with van der Waals surface area (Å²) in [5.41, 5.74) is 0. The van der Waals surface area contributed by atoms with Gasteiger partial charge >= 0.3 is 0 Å². The minimum Gasteiger partial charge on any atom is -0.0864 e. The van der Waals surface area contributed by atoms with Gasteiger partial charge in [-0.15, -0.1) is 0 Å². The van der Waals surface area contributed by atoms with Crippen LogP contribution in [0.2, 0.25) is 0 Å². The van der Waals surface area contributed by atoms with E-state index in [0.717, 1.165) is 0 Å². The van der Waals surface area contributed by atoms with E-state index in [2.05, 4.69) is 29.5 Å². The van der Waals surface area contributed by atoms with Gasteiger partial charge in [-0.3, -0.25) is 0 Å². The van der Waals surface area contributed by atoms with Crippen molar-refractivity contribution in [1.82, 2.24) is 0 Å². The fourth-order valence-electron chi connectivity index (χ4n) is 3.00. The molecule has 0 unspecified atom stereocenters. The van der Waals surface area contributed by atoms with E-state index < -0.39 is 0 Å². The highest BCUT2D eigenvalue weighted by Crippen LogP contribution is 2.14. The van der Waals surface area contributed by atoms with Crippen molar-refractivity contribution in [1.29, 1.82) is 0 Å². The summed E-state index contributed by atoms with van der Waals surface area (Å²) < 4.78 is 1.34. The van der Waals surface area contributed by atoms with Crippen LogP contribution in [0.1, 0.15) is 122 Å². The Morgan fingerprint density at radius 1 is 0.381 bits per heavy atom. The fraction of sp³-hybridized carbons (Fsp3) is 1.00. The maximum Gasteiger partial charge on any atom is -0.000473 e. The van der Waals surface area contributed by atoms with Gasteiger partial charge < -0.3 is 0 Å². The van der Waals surface area contributed by atoms with Crippen LogP contribution < -0.4 is 0 Å². The predicted octanol–water partition coefficient (Wildman–Crippen LogP) is 8.46. The average Bonchev–Trinajstić information content (AvgIpc) is 2.50. The van der Waals surface area contributed by atoms with Crippen molar-refractivity contribution < 1.29 is 0 Å². The molecule has 0 rings (SSSR count). The molecule has 0 aromatic rings. The van der Waals surface area contributed by atoms with Crippen LogP contribution in [0.15, 0.2) is 0 Å². The van der Waals surface area contributed by atoms with Crippen LogP contribution in [-0.4, -0.2) is 4.43 Å². The van der Waals surface area contributed by atoms with E-state index in [1.807, 2.05) is 0 Å². The molecule has 0 aliphatic carbocycles. The number of alkyl halides is 1. The van der Waals surface area contributed by atoms with E-state index in [9.17, 15) is 0 Å². The first-order valence-electron chi connectivity index (χ1n) is 9.97. The monoisotopic (exact) mass is 408 g/mol. The number of hydrogen-bond donors (Lipinski definition) is 0. The molecule has 0 aliphatic rings. The summed E-state index contributed by atoms with van der Waals surface area (Å²) in [4.78, 5) is 0. The second-order valence-electron chi connectivity index (χ2n) is 6.70. The number of rotatable bonds is 18. The van der Waals surface area contributed by atoms with Crippen molar-refractivity contribution in [2.75, 3.05) is 4.43 Å². The molecular formula is C20H41I. The maximum absolute atomic E-state index is 2.49. The molecule has 1 heteroatoms. The molecule has 0 nitrogen and oxygen atoms in total. The van der Waals surface area contributed by atoms with Crippen LogP contribution in [-0.2, 0) is 0 Å². The normalized spacial score (nSPS) is 11.1. The SMILES string of the molecule is CCCCCCCCCCCCCCCCCCCCI. The number of unbranched alkanes of at least 4 members (excludes halogenated alkanes) is 17. The number of halogens is 1. The van der Waals surface area contributed by atoms with Gasteiger partial charge in [0.25, 0.3) is 0 Å². The highest BCUT2D eigenvalue weighted by atomic mass is 127. The molecule has 0 atom stereocenters. The highest BCUT2D eigenvalue weighted by molar-refractivity contribution is 14.1. The average molecular weight is 408 g/mol. The molecule has 0 heterocycles. The Hall–Kier alpha value is 0.730. The lowest BCUT2D eigenvalue weighted by Crippen LogP contribution is -1.84. The molecule has 0 aliphatic heterocycles. The first kappa shape index (κ1) is 21.7. The van der Waals surface area contributed by atoms with Crippen molar-refractivity contribution in [3.05, 3.63) is 0 Å². The lowest BCUT2D eigenvalue weighted by atomic mass is 10.0. The van der Waals surface area contributed by atoms with Crippen molar-refractivity contribution in [3.63, 3.8) is 0 Å². The molecule has 128 valence electrons. The van der Waals surface area contributed by atoms with E-state index in [4.69, 9.17) is 0 Å². The molecule has 0 fully saturated rings. The summed E-state index contributed by atoms with van der Waals surface area (Å²) in [7, 11) is 0. The van der Waals surface area contributed by atoms with Gasteiger partial charge in [0.1, 0.15) is 0 Å². The number of hydrogen-bond acceptors (Lipinski definition) is 0. The Balaban J connectivity index is 2.90. The van der Waals surface area contributed by atoms with Crippen LogP contribution in [0.3, 0.4) is 0 Å². The third kappa shape index (κ3) is 20.7. The molecule has 21 heavy (non-hydrogen) atoms. The van der Waals surface area contributed by atoms with Crippen LogP contribution >= 0.6 is 22.6 Å². The first-order valence-corrected chi connectivity index (χ1v) is 11.5. The van der Waals surface area contributed by atoms with E-state index in [-0.39, 0.29) is 0 Å². The van der Waals surface area contributed by atoms with Crippen molar-refractivity contribution in [2.45, 2.75) is 122 Å². The Morgan fingerprint density at radius 3 is 0.857 bits per heavy atom. The Labute approximate surface area is 149 Å². The largest absolute Gasteiger partial charge is 0.0864 e. The lowest BCUT2D eigenvalue weighted by molar-refractivity contribution is 0.527. The van der Waals surface area contributed by atoms with Gasteiger partial charge in [0.05, 0.1) is 0 Å². The van der Waals surface area contributed by atoms with Crippen molar-refractivity contribution in [3.8, 4) is 0 Å². The van der Waals surface area contributed by atoms with Gasteiger partial charge in [-0.05, 0) is 10.8 Å². The summed E-state index contributed by atoms with van der Waals surface area (Å²) in [6.07, 6.45) is 26.5. The summed E-state index contributed by atoms with van der Waals surface area (Å²) in [6, 6.07) is 0. The van der Waals surface area contributed by atoms with Crippen LogP contribution in [0.5, 0.6) is 0 Å². The molecule has 0 N–H and O–H groups in total. The molecule has 0 radical (unpaired) electrons. The van der Waals surface area contributed by atoms with E-state index in [1.165, 1.54) is 120 Å². The second kappa shape index (κ2) is 20.7. The standard InChI is InChI=1S/C20H41I/c1-2-3-4-5-6-7-8-9-10-11-12-13-14-15-16-17-18-19-20-21/h2-20H2,1H3. The smallest absolute Gasteiger partial charge is 0.000473 e. The van der Waals surface area contributed by atoms with E-state index >= 15 is 0 Å². The third-order valence-corrected chi connectivity index (χ3v) is 5.25. The Bertz CT molecular complexity index is 149. The summed E-state index contributed by atoms with van der Waals surface area (Å²) in [5.74, 6) is 0. The second-order valence-corrected chi connectivity index (χ2v) is 7.78. The molecule has 0 aromatic heterocycles. The fourth-order valence-corrected chi connectivity index (χ4v) is 3.54. The van der Waals surface area contributed by atoms with Gasteiger partial charge in [-0.25, -0.2) is 0 Å². The zero-order valence-electron chi connectivity index (χ0n) is 14.8. The lowest BCUT2D eigenvalue weighted by Gasteiger charge is -2.03. The zero-order valence-corrected chi connectivity index (χ0v) is 17.0. The predicted molar refractivity (Wildman–Crippen MR) is 108 cm³/mol. The Kier molecular flexibility index (Phi) is 21.5. The minimum absolute atomic E-state index is 1.34. The van der Waals surface area contributed by atoms with Gasteiger partial charge in [0.15, 0.2) is 0 Å². The van der Waals surface area contributed by atoms with E-state index in [0.29, 0.717) is 0 Å². The molecule has 0 saturated heterocycles. The summed E-state index contributed by atoms with van der Waals surface area (Å²) in [6.45, 7) is 2.30. The molecule has 0 aromatic carbocycles. The van der Waals surface area contributed by atoms with E-state index in [1.54, 1.807) is 0 Å². The maximum atomic E-state index is 2.49. The third-order valence-electron chi connectivity index (χ3n) is 4.49. The molecule has 0 amide bonds. The molecule has 0 spiro atoms. The first-order chi connectivity index (χ1) is 10.4. The van der Waals surface area contributed by atoms with Crippen LogP contribution in [0.25, 0.3) is 0 Å². The van der Waals surface area contributed by atoms with Crippen molar-refractivity contribution in [2.24, 2.45) is 0 Å². The topological polar surface area (TPSA) is 0 Å². The summed E-state index contributed by atoms with van der Waals surface area (Å²) >= 11 is 2.49. The van der Waals surface area contributed by atoms with Crippen LogP contribution in [0, 0.1) is 0 Å². The zero-order chi connectivity index (χ0) is 15.4. The minimum atomic E-state index is 1.34. The molecule has 0 saturated carbocycles. The summed E-state index contributed by atoms with van der Waals surface area (Å²) in [5, 5.41) is 0. The van der Waals surface area contributed by atoms with Gasteiger partial charge in [0, 0.05) is 0 Å².